The van der Waals surface area contributed by atoms with E-state index in [0.717, 1.165) is 41.4 Å². The molecule has 2 aliphatic carbocycles. The summed E-state index contributed by atoms with van der Waals surface area (Å²) in [6.07, 6.45) is 5.60. The largest absolute Gasteiger partial charge is 0.389 e. The number of benzene rings is 2. The van der Waals surface area contributed by atoms with Crippen LogP contribution in [0.4, 0.5) is 14.5 Å². The van der Waals surface area contributed by atoms with Crippen LogP contribution in [0.25, 0.3) is 0 Å². The first-order valence-electron chi connectivity index (χ1n) is 12.4. The smallest absolute Gasteiger partial charge is 0.246 e. The highest BCUT2D eigenvalue weighted by Crippen LogP contribution is 2.48. The summed E-state index contributed by atoms with van der Waals surface area (Å²) >= 11 is 0. The summed E-state index contributed by atoms with van der Waals surface area (Å²) in [7, 11) is -4.18. The van der Waals surface area contributed by atoms with Gasteiger partial charge in [-0.1, -0.05) is 24.6 Å². The Morgan fingerprint density at radius 1 is 1.14 bits per heavy atom. The molecule has 0 saturated heterocycles. The van der Waals surface area contributed by atoms with E-state index in [4.69, 9.17) is 0 Å². The second kappa shape index (κ2) is 9.38. The molecule has 2 N–H and O–H groups in total. The number of nitrogens with zero attached hydrogens (tertiary/aromatic N) is 2. The predicted molar refractivity (Wildman–Crippen MR) is 139 cm³/mol. The minimum atomic E-state index is -4.18. The van der Waals surface area contributed by atoms with Crippen LogP contribution in [-0.2, 0) is 10.0 Å². The number of rotatable bonds is 7. The molecule has 0 spiro atoms. The van der Waals surface area contributed by atoms with Crippen molar-refractivity contribution in [2.75, 3.05) is 18.1 Å². The van der Waals surface area contributed by atoms with Crippen LogP contribution in [-0.4, -0.2) is 36.5 Å². The molecule has 3 aliphatic rings. The zero-order valence-electron chi connectivity index (χ0n) is 21.1. The molecule has 0 aromatic heterocycles. The molecule has 0 fully saturated rings. The van der Waals surface area contributed by atoms with Gasteiger partial charge in [-0.2, -0.15) is 4.31 Å². The van der Waals surface area contributed by atoms with Gasteiger partial charge in [0.05, 0.1) is 17.0 Å². The number of allylic oxidation sites excluding steroid dienone is 3. The molecule has 5 rings (SSSR count). The summed E-state index contributed by atoms with van der Waals surface area (Å²) in [4.78, 5) is -0.386. The van der Waals surface area contributed by atoms with Gasteiger partial charge >= 0.3 is 0 Å². The maximum absolute atomic E-state index is 14.5. The van der Waals surface area contributed by atoms with Crippen LogP contribution in [0.1, 0.15) is 33.6 Å². The number of hydrazine groups is 1. The van der Waals surface area contributed by atoms with E-state index in [9.17, 15) is 22.3 Å². The Morgan fingerprint density at radius 3 is 2.51 bits per heavy atom. The van der Waals surface area contributed by atoms with Crippen molar-refractivity contribution < 1.29 is 22.3 Å². The topological polar surface area (TPSA) is 72.9 Å². The molecule has 0 unspecified atom stereocenters. The normalized spacial score (nSPS) is 21.5. The third-order valence-electron chi connectivity index (χ3n) is 7.23. The summed E-state index contributed by atoms with van der Waals surface area (Å²) in [6.45, 7) is 5.20. The van der Waals surface area contributed by atoms with E-state index in [2.05, 4.69) is 18.4 Å². The van der Waals surface area contributed by atoms with Gasteiger partial charge in [0, 0.05) is 30.8 Å². The molecule has 1 aliphatic heterocycles. The number of sulfonamides is 1. The van der Waals surface area contributed by atoms with Gasteiger partial charge in [0.25, 0.3) is 0 Å². The molecule has 0 radical (unpaired) electrons. The Hall–Kier alpha value is -3.01. The van der Waals surface area contributed by atoms with Gasteiger partial charge in [-0.25, -0.2) is 17.2 Å². The highest BCUT2D eigenvalue weighted by Gasteiger charge is 2.41. The zero-order valence-corrected chi connectivity index (χ0v) is 21.9. The van der Waals surface area contributed by atoms with E-state index >= 15 is 0 Å². The van der Waals surface area contributed by atoms with Gasteiger partial charge in [0.2, 0.25) is 10.0 Å². The Kier molecular flexibility index (Phi) is 6.50. The lowest BCUT2D eigenvalue weighted by atomic mass is 9.80. The van der Waals surface area contributed by atoms with Crippen molar-refractivity contribution in [3.05, 3.63) is 94.9 Å². The predicted octanol–water partition coefficient (Wildman–Crippen LogP) is 4.88. The highest BCUT2D eigenvalue weighted by atomic mass is 32.2. The van der Waals surface area contributed by atoms with Crippen molar-refractivity contribution in [1.82, 2.24) is 9.73 Å². The van der Waals surface area contributed by atoms with Crippen LogP contribution in [0.2, 0.25) is 0 Å². The fourth-order valence-corrected chi connectivity index (χ4v) is 7.33. The lowest BCUT2D eigenvalue weighted by Gasteiger charge is -2.34. The summed E-state index contributed by atoms with van der Waals surface area (Å²) in [5.74, 6) is -1.16. The van der Waals surface area contributed by atoms with E-state index in [0.29, 0.717) is 0 Å². The standard InChI is InChI=1S/C28H31F2N3O3S/c1-18-23-15-31-33(22-12-10-21(29)11-13-22)25(23)14-19-8-9-20(27(18)19)16-32(17-28(2,3)34)37(35,36)26-7-5-4-6-24(26)30/h4-7,10-15,18,20,31,34H,8-9,16-17H2,1-3H3/t18-,20+/m0/s1. The first-order chi connectivity index (χ1) is 17.5. The Bertz CT molecular complexity index is 1410. The van der Waals surface area contributed by atoms with Crippen molar-refractivity contribution in [3.8, 4) is 0 Å². The monoisotopic (exact) mass is 527 g/mol. The lowest BCUT2D eigenvalue weighted by Crippen LogP contribution is -2.45. The van der Waals surface area contributed by atoms with E-state index in [-0.39, 0.29) is 35.6 Å². The third-order valence-corrected chi connectivity index (χ3v) is 9.07. The number of fused-ring (bicyclic) bond motifs is 1. The van der Waals surface area contributed by atoms with Crippen LogP contribution in [0.15, 0.2) is 88.1 Å². The number of halogens is 2. The SMILES string of the molecule is C[C@H]1C2=CNN(c3ccc(F)cc3)C2=CC2=C1[C@@H](CN(CC(C)(C)O)S(=O)(=O)c1ccccc1F)CC2. The van der Waals surface area contributed by atoms with Crippen LogP contribution in [0.5, 0.6) is 0 Å². The molecule has 0 saturated carbocycles. The fraction of sp³-hybridized carbons (Fsp3) is 0.357. The van der Waals surface area contributed by atoms with Gasteiger partial charge in [-0.3, -0.25) is 5.01 Å². The van der Waals surface area contributed by atoms with Gasteiger partial charge < -0.3 is 10.5 Å². The number of hydrogen-bond donors (Lipinski definition) is 2. The molecular formula is C28H31F2N3O3S. The molecule has 0 amide bonds. The Balaban J connectivity index is 1.47. The minimum absolute atomic E-state index is 0.0283. The molecular weight excluding hydrogens is 496 g/mol. The van der Waals surface area contributed by atoms with E-state index < -0.39 is 21.4 Å². The van der Waals surface area contributed by atoms with Crippen molar-refractivity contribution >= 4 is 15.7 Å². The van der Waals surface area contributed by atoms with Crippen LogP contribution >= 0.6 is 0 Å². The molecule has 2 aromatic rings. The average Bonchev–Trinajstić information content (AvgIpc) is 3.43. The molecule has 196 valence electrons. The molecule has 6 nitrogen and oxygen atoms in total. The number of hydrogen-bond acceptors (Lipinski definition) is 5. The van der Waals surface area contributed by atoms with Gasteiger partial charge in [-0.15, -0.1) is 0 Å². The second-order valence-corrected chi connectivity index (χ2v) is 12.5. The van der Waals surface area contributed by atoms with E-state index in [1.807, 2.05) is 11.2 Å². The molecule has 0 bridgehead atoms. The van der Waals surface area contributed by atoms with Crippen LogP contribution < -0.4 is 10.4 Å². The Labute approximate surface area is 216 Å². The fourth-order valence-electron chi connectivity index (χ4n) is 5.62. The maximum Gasteiger partial charge on any atom is 0.246 e. The van der Waals surface area contributed by atoms with Crippen molar-refractivity contribution in [3.63, 3.8) is 0 Å². The van der Waals surface area contributed by atoms with Crippen LogP contribution in [0, 0.1) is 23.5 Å². The highest BCUT2D eigenvalue weighted by molar-refractivity contribution is 7.89. The number of anilines is 1. The Morgan fingerprint density at radius 2 is 1.84 bits per heavy atom. The summed E-state index contributed by atoms with van der Waals surface area (Å²) < 4.78 is 56.3. The average molecular weight is 528 g/mol. The quantitative estimate of drug-likeness (QED) is 0.537. The molecule has 37 heavy (non-hydrogen) atoms. The van der Waals surface area contributed by atoms with E-state index in [1.165, 1.54) is 40.2 Å². The van der Waals surface area contributed by atoms with Crippen molar-refractivity contribution in [1.29, 1.82) is 0 Å². The van der Waals surface area contributed by atoms with E-state index in [1.54, 1.807) is 26.0 Å². The summed E-state index contributed by atoms with van der Waals surface area (Å²) in [5.41, 5.74) is 7.17. The molecule has 2 atom stereocenters. The third kappa shape index (κ3) is 4.83. The number of nitrogens with one attached hydrogen (secondary N) is 1. The van der Waals surface area contributed by atoms with Crippen molar-refractivity contribution in [2.24, 2.45) is 11.8 Å². The summed E-state index contributed by atoms with van der Waals surface area (Å²) in [5, 5.41) is 12.5. The lowest BCUT2D eigenvalue weighted by molar-refractivity contribution is 0.0567. The molecule has 1 heterocycles. The van der Waals surface area contributed by atoms with Gasteiger partial charge in [-0.05, 0) is 80.7 Å². The van der Waals surface area contributed by atoms with Gasteiger partial charge in [0.15, 0.2) is 0 Å². The van der Waals surface area contributed by atoms with Crippen molar-refractivity contribution in [2.45, 2.75) is 44.1 Å². The number of aliphatic hydroxyl groups is 1. The first-order valence-corrected chi connectivity index (χ1v) is 13.8. The minimum Gasteiger partial charge on any atom is -0.389 e. The van der Waals surface area contributed by atoms with Gasteiger partial charge in [0.1, 0.15) is 16.5 Å². The first kappa shape index (κ1) is 25.6. The summed E-state index contributed by atoms with van der Waals surface area (Å²) in [6, 6.07) is 11.6. The maximum atomic E-state index is 14.5. The molecule has 9 heteroatoms. The van der Waals surface area contributed by atoms with Crippen LogP contribution in [0.3, 0.4) is 0 Å². The second-order valence-electron chi connectivity index (χ2n) is 10.5. The molecule has 2 aromatic carbocycles. The zero-order chi connectivity index (χ0) is 26.5.